The van der Waals surface area contributed by atoms with Crippen molar-refractivity contribution in [1.82, 2.24) is 9.80 Å². The fraction of sp³-hybridized carbons (Fsp3) is 0.882. The highest BCUT2D eigenvalue weighted by Gasteiger charge is 2.48. The molecule has 22 heavy (non-hydrogen) atoms. The summed E-state index contributed by atoms with van der Waals surface area (Å²) in [5.41, 5.74) is 0. The van der Waals surface area contributed by atoms with E-state index in [1.165, 1.54) is 38.8 Å². The molecule has 0 aliphatic carbocycles. The maximum Gasteiger partial charge on any atom is 0.303 e. The molecule has 0 saturated carbocycles. The molecule has 0 spiro atoms. The Morgan fingerprint density at radius 2 is 1.91 bits per heavy atom. The van der Waals surface area contributed by atoms with Gasteiger partial charge in [-0.3, -0.25) is 14.5 Å². The number of piperidine rings is 3. The van der Waals surface area contributed by atoms with Gasteiger partial charge in [0.1, 0.15) is 0 Å². The number of carboxylic acids is 1. The van der Waals surface area contributed by atoms with E-state index in [0.717, 1.165) is 13.0 Å². The van der Waals surface area contributed by atoms with Crippen LogP contribution in [0.2, 0.25) is 0 Å². The third kappa shape index (κ3) is 3.00. The molecule has 3 aliphatic rings. The Morgan fingerprint density at radius 1 is 1.18 bits per heavy atom. The van der Waals surface area contributed by atoms with Crippen LogP contribution in [0.5, 0.6) is 0 Å². The van der Waals surface area contributed by atoms with Crippen molar-refractivity contribution in [2.45, 2.75) is 64.0 Å². The van der Waals surface area contributed by atoms with E-state index in [9.17, 15) is 9.59 Å². The van der Waals surface area contributed by atoms with Crippen LogP contribution in [0, 0.1) is 11.8 Å². The third-order valence-corrected chi connectivity index (χ3v) is 5.97. The van der Waals surface area contributed by atoms with E-state index in [1.54, 1.807) is 6.92 Å². The van der Waals surface area contributed by atoms with Crippen LogP contribution in [-0.4, -0.2) is 58.5 Å². The summed E-state index contributed by atoms with van der Waals surface area (Å²) in [6, 6.07) is 0.881. The third-order valence-electron chi connectivity index (χ3n) is 5.97. The second-order valence-corrected chi connectivity index (χ2v) is 7.26. The second kappa shape index (κ2) is 6.57. The zero-order chi connectivity index (χ0) is 15.7. The molecule has 124 valence electrons. The Morgan fingerprint density at radius 3 is 2.59 bits per heavy atom. The van der Waals surface area contributed by atoms with Gasteiger partial charge in [-0.2, -0.15) is 0 Å². The molecule has 0 radical (unpaired) electrons. The van der Waals surface area contributed by atoms with Crippen molar-refractivity contribution in [1.29, 1.82) is 0 Å². The number of carbonyl (C=O) groups is 2. The number of aliphatic carboxylic acids is 1. The smallest absolute Gasteiger partial charge is 0.303 e. The molecule has 3 saturated heterocycles. The van der Waals surface area contributed by atoms with E-state index >= 15 is 0 Å². The normalized spacial score (nSPS) is 35.0. The monoisotopic (exact) mass is 308 g/mol. The predicted molar refractivity (Wildman–Crippen MR) is 83.5 cm³/mol. The highest BCUT2D eigenvalue weighted by molar-refractivity contribution is 5.74. The maximum atomic E-state index is 12.1. The van der Waals surface area contributed by atoms with Crippen LogP contribution in [0.15, 0.2) is 0 Å². The topological polar surface area (TPSA) is 60.9 Å². The minimum atomic E-state index is -0.731. The summed E-state index contributed by atoms with van der Waals surface area (Å²) >= 11 is 0. The fourth-order valence-corrected chi connectivity index (χ4v) is 5.19. The zero-order valence-corrected chi connectivity index (χ0v) is 13.5. The molecule has 4 atom stereocenters. The van der Waals surface area contributed by atoms with Crippen LogP contribution >= 0.6 is 0 Å². The summed E-state index contributed by atoms with van der Waals surface area (Å²) in [6.45, 7) is 4.97. The second-order valence-electron chi connectivity index (χ2n) is 7.26. The minimum absolute atomic E-state index is 0.168. The average molecular weight is 308 g/mol. The number of carbonyl (C=O) groups excluding carboxylic acids is 1. The van der Waals surface area contributed by atoms with E-state index in [2.05, 4.69) is 9.80 Å². The first-order chi connectivity index (χ1) is 10.6. The van der Waals surface area contributed by atoms with Gasteiger partial charge in [0.2, 0.25) is 5.91 Å². The molecular weight excluding hydrogens is 280 g/mol. The van der Waals surface area contributed by atoms with Crippen molar-refractivity contribution in [3.8, 4) is 0 Å². The lowest BCUT2D eigenvalue weighted by Gasteiger charge is -2.57. The van der Waals surface area contributed by atoms with Crippen LogP contribution in [0.25, 0.3) is 0 Å². The van der Waals surface area contributed by atoms with Gasteiger partial charge in [0.15, 0.2) is 0 Å². The first-order valence-electron chi connectivity index (χ1n) is 8.81. The first kappa shape index (κ1) is 15.8. The van der Waals surface area contributed by atoms with Crippen LogP contribution in [-0.2, 0) is 9.59 Å². The summed E-state index contributed by atoms with van der Waals surface area (Å²) in [5, 5.41) is 8.89. The summed E-state index contributed by atoms with van der Waals surface area (Å²) in [5.74, 6) is 0.608. The molecule has 1 unspecified atom stereocenters. The SMILES string of the molecule is CC(=O)N1C[C@@H]2CCCN3CCC[C@H](C1CCCC(=O)O)[C@H]23. The lowest BCUT2D eigenvalue weighted by molar-refractivity contribution is -0.144. The molecule has 5 heteroatoms. The van der Waals surface area contributed by atoms with Gasteiger partial charge in [-0.05, 0) is 63.5 Å². The standard InChI is InChI=1S/C17H28N2O3/c1-12(20)19-11-13-5-3-9-18-10-4-6-14(17(13)18)15(19)7-2-8-16(21)22/h13-15,17H,2-11H2,1H3,(H,21,22)/t13-,14+,15?,17-/m0/s1. The summed E-state index contributed by atoms with van der Waals surface area (Å²) < 4.78 is 0. The van der Waals surface area contributed by atoms with Crippen molar-refractivity contribution in [2.75, 3.05) is 19.6 Å². The fourth-order valence-electron chi connectivity index (χ4n) is 5.19. The number of rotatable bonds is 4. The molecule has 0 aromatic heterocycles. The van der Waals surface area contributed by atoms with E-state index in [1.807, 2.05) is 0 Å². The van der Waals surface area contributed by atoms with E-state index < -0.39 is 5.97 Å². The van der Waals surface area contributed by atoms with E-state index in [4.69, 9.17) is 5.11 Å². The number of hydrogen-bond acceptors (Lipinski definition) is 3. The van der Waals surface area contributed by atoms with Gasteiger partial charge in [-0.1, -0.05) is 0 Å². The van der Waals surface area contributed by atoms with Crippen LogP contribution in [0.4, 0.5) is 0 Å². The molecule has 1 N–H and O–H groups in total. The number of likely N-dealkylation sites (tertiary alicyclic amines) is 1. The van der Waals surface area contributed by atoms with Crippen molar-refractivity contribution >= 4 is 11.9 Å². The molecule has 3 heterocycles. The summed E-state index contributed by atoms with van der Waals surface area (Å²) in [7, 11) is 0. The van der Waals surface area contributed by atoms with Gasteiger partial charge >= 0.3 is 5.97 Å². The Hall–Kier alpha value is -1.10. The van der Waals surface area contributed by atoms with Gasteiger partial charge < -0.3 is 10.0 Å². The largest absolute Gasteiger partial charge is 0.481 e. The molecule has 3 rings (SSSR count). The lowest BCUT2D eigenvalue weighted by Crippen LogP contribution is -2.65. The Labute approximate surface area is 132 Å². The quantitative estimate of drug-likeness (QED) is 0.862. The van der Waals surface area contributed by atoms with E-state index in [0.29, 0.717) is 24.3 Å². The average Bonchev–Trinajstić information content (AvgIpc) is 2.49. The molecule has 3 fully saturated rings. The van der Waals surface area contributed by atoms with Gasteiger partial charge in [0.05, 0.1) is 0 Å². The Bertz CT molecular complexity index is 438. The van der Waals surface area contributed by atoms with Crippen LogP contribution in [0.3, 0.4) is 0 Å². The molecule has 1 amide bonds. The Balaban J connectivity index is 1.77. The summed E-state index contributed by atoms with van der Waals surface area (Å²) in [6.07, 6.45) is 6.64. The molecule has 3 aliphatic heterocycles. The molecule has 0 bridgehead atoms. The van der Waals surface area contributed by atoms with Crippen molar-refractivity contribution in [3.05, 3.63) is 0 Å². The van der Waals surface area contributed by atoms with Gasteiger partial charge in [-0.25, -0.2) is 0 Å². The highest BCUT2D eigenvalue weighted by atomic mass is 16.4. The maximum absolute atomic E-state index is 12.1. The number of nitrogens with zero attached hydrogens (tertiary/aromatic N) is 2. The van der Waals surface area contributed by atoms with Gasteiger partial charge in [-0.15, -0.1) is 0 Å². The predicted octanol–water partition coefficient (Wildman–Crippen LogP) is 1.96. The first-order valence-corrected chi connectivity index (χ1v) is 8.81. The molecule has 0 aromatic rings. The zero-order valence-electron chi connectivity index (χ0n) is 13.5. The van der Waals surface area contributed by atoms with E-state index in [-0.39, 0.29) is 18.4 Å². The number of hydrogen-bond donors (Lipinski definition) is 1. The lowest BCUT2D eigenvalue weighted by atomic mass is 9.69. The molecule has 0 aromatic carbocycles. The van der Waals surface area contributed by atoms with Crippen molar-refractivity contribution < 1.29 is 14.7 Å². The van der Waals surface area contributed by atoms with Gasteiger partial charge in [0, 0.05) is 32.0 Å². The molecule has 5 nitrogen and oxygen atoms in total. The number of amides is 1. The van der Waals surface area contributed by atoms with Gasteiger partial charge in [0.25, 0.3) is 0 Å². The van der Waals surface area contributed by atoms with Crippen LogP contribution in [0.1, 0.15) is 51.9 Å². The van der Waals surface area contributed by atoms with Crippen molar-refractivity contribution in [2.24, 2.45) is 11.8 Å². The highest BCUT2D eigenvalue weighted by Crippen LogP contribution is 2.43. The minimum Gasteiger partial charge on any atom is -0.481 e. The molecular formula is C17H28N2O3. The summed E-state index contributed by atoms with van der Waals surface area (Å²) in [4.78, 5) is 27.7. The Kier molecular flexibility index (Phi) is 4.71. The van der Waals surface area contributed by atoms with Crippen LogP contribution < -0.4 is 0 Å². The van der Waals surface area contributed by atoms with Crippen molar-refractivity contribution in [3.63, 3.8) is 0 Å². The number of carboxylic acid groups (broad SMARTS) is 1.